The van der Waals surface area contributed by atoms with Crippen LogP contribution in [0.25, 0.3) is 23.1 Å². The fraction of sp³-hybridized carbons (Fsp3) is 0.304. The third-order valence-corrected chi connectivity index (χ3v) is 4.84. The van der Waals surface area contributed by atoms with Crippen LogP contribution in [0.4, 0.5) is 5.82 Å². The van der Waals surface area contributed by atoms with Gasteiger partial charge in [0.05, 0.1) is 5.52 Å². The van der Waals surface area contributed by atoms with E-state index in [2.05, 4.69) is 30.4 Å². The molecule has 0 aliphatic carbocycles. The van der Waals surface area contributed by atoms with Crippen molar-refractivity contribution in [2.24, 2.45) is 5.73 Å². The summed E-state index contributed by atoms with van der Waals surface area (Å²) in [5.41, 5.74) is 8.77. The van der Waals surface area contributed by atoms with Crippen LogP contribution < -0.4 is 11.1 Å². The standard InChI is InChI=1S/C23H27ClN4/c1-17-6-12-21-20(16-17)23(26-15-5-3-2-4-14-25)28-22(27-21)13-9-18-7-10-19(24)11-8-18/h6-13,16H,2-5,14-15,25H2,1H3,(H,26,27,28)/b13-9+. The summed E-state index contributed by atoms with van der Waals surface area (Å²) in [7, 11) is 0. The van der Waals surface area contributed by atoms with Crippen LogP contribution in [0.1, 0.15) is 42.6 Å². The highest BCUT2D eigenvalue weighted by molar-refractivity contribution is 6.30. The monoisotopic (exact) mass is 394 g/mol. The molecule has 0 amide bonds. The quantitative estimate of drug-likeness (QED) is 0.457. The van der Waals surface area contributed by atoms with Gasteiger partial charge in [-0.05, 0) is 62.2 Å². The molecule has 0 aliphatic rings. The molecule has 146 valence electrons. The number of nitrogens with zero attached hydrogens (tertiary/aromatic N) is 2. The number of aromatic nitrogens is 2. The Morgan fingerprint density at radius 1 is 0.964 bits per heavy atom. The van der Waals surface area contributed by atoms with Gasteiger partial charge < -0.3 is 11.1 Å². The zero-order chi connectivity index (χ0) is 19.8. The largest absolute Gasteiger partial charge is 0.369 e. The number of aryl methyl sites for hydroxylation is 1. The predicted octanol–water partition coefficient (Wildman–Crippen LogP) is 5.69. The van der Waals surface area contributed by atoms with Crippen molar-refractivity contribution in [2.45, 2.75) is 32.6 Å². The molecule has 3 rings (SSSR count). The van der Waals surface area contributed by atoms with Gasteiger partial charge in [-0.2, -0.15) is 0 Å². The van der Waals surface area contributed by atoms with Crippen molar-refractivity contribution in [3.05, 3.63) is 64.4 Å². The van der Waals surface area contributed by atoms with E-state index in [1.165, 1.54) is 18.4 Å². The van der Waals surface area contributed by atoms with E-state index in [1.54, 1.807) is 0 Å². The summed E-state index contributed by atoms with van der Waals surface area (Å²) in [5.74, 6) is 1.58. The van der Waals surface area contributed by atoms with Crippen molar-refractivity contribution >= 4 is 40.5 Å². The number of benzene rings is 2. The number of unbranched alkanes of at least 4 members (excludes halogenated alkanes) is 3. The van der Waals surface area contributed by atoms with E-state index in [9.17, 15) is 0 Å². The fourth-order valence-corrected chi connectivity index (χ4v) is 3.17. The minimum Gasteiger partial charge on any atom is -0.369 e. The van der Waals surface area contributed by atoms with Gasteiger partial charge in [0, 0.05) is 17.0 Å². The topological polar surface area (TPSA) is 63.8 Å². The van der Waals surface area contributed by atoms with Crippen molar-refractivity contribution in [3.63, 3.8) is 0 Å². The molecule has 1 heterocycles. The Morgan fingerprint density at radius 3 is 2.54 bits per heavy atom. The Labute approximate surface area is 171 Å². The molecule has 0 spiro atoms. The molecule has 0 aliphatic heterocycles. The Morgan fingerprint density at radius 2 is 1.75 bits per heavy atom. The van der Waals surface area contributed by atoms with Crippen LogP contribution >= 0.6 is 11.6 Å². The lowest BCUT2D eigenvalue weighted by Gasteiger charge is -2.10. The van der Waals surface area contributed by atoms with E-state index >= 15 is 0 Å². The van der Waals surface area contributed by atoms with Gasteiger partial charge in [-0.1, -0.05) is 54.3 Å². The van der Waals surface area contributed by atoms with E-state index < -0.39 is 0 Å². The smallest absolute Gasteiger partial charge is 0.154 e. The van der Waals surface area contributed by atoms with Crippen LogP contribution in [0.5, 0.6) is 0 Å². The first-order chi connectivity index (χ1) is 13.7. The van der Waals surface area contributed by atoms with Crippen LogP contribution in [0.3, 0.4) is 0 Å². The van der Waals surface area contributed by atoms with Gasteiger partial charge in [0.1, 0.15) is 5.82 Å². The summed E-state index contributed by atoms with van der Waals surface area (Å²) in [4.78, 5) is 9.45. The molecule has 5 heteroatoms. The molecule has 0 fully saturated rings. The van der Waals surface area contributed by atoms with E-state index in [4.69, 9.17) is 27.3 Å². The lowest BCUT2D eigenvalue weighted by molar-refractivity contribution is 0.661. The zero-order valence-corrected chi connectivity index (χ0v) is 17.0. The average Bonchev–Trinajstić information content (AvgIpc) is 2.70. The predicted molar refractivity (Wildman–Crippen MR) is 121 cm³/mol. The highest BCUT2D eigenvalue weighted by Gasteiger charge is 2.07. The van der Waals surface area contributed by atoms with Crippen LogP contribution in [-0.2, 0) is 0 Å². The highest BCUT2D eigenvalue weighted by atomic mass is 35.5. The van der Waals surface area contributed by atoms with Crippen molar-refractivity contribution in [2.75, 3.05) is 18.4 Å². The molecule has 3 N–H and O–H groups in total. The summed E-state index contributed by atoms with van der Waals surface area (Å²) in [6.07, 6.45) is 8.49. The third-order valence-electron chi connectivity index (χ3n) is 4.59. The number of halogens is 1. The van der Waals surface area contributed by atoms with Crippen LogP contribution in [0, 0.1) is 6.92 Å². The maximum atomic E-state index is 5.95. The maximum absolute atomic E-state index is 5.95. The first-order valence-electron chi connectivity index (χ1n) is 9.82. The first-order valence-corrected chi connectivity index (χ1v) is 10.2. The maximum Gasteiger partial charge on any atom is 0.154 e. The number of hydrogen-bond donors (Lipinski definition) is 2. The number of anilines is 1. The average molecular weight is 395 g/mol. The minimum absolute atomic E-state index is 0.692. The zero-order valence-electron chi connectivity index (χ0n) is 16.3. The molecule has 1 aromatic heterocycles. The van der Waals surface area contributed by atoms with Crippen LogP contribution in [-0.4, -0.2) is 23.1 Å². The number of rotatable bonds is 9. The lowest BCUT2D eigenvalue weighted by atomic mass is 10.1. The molecule has 0 radical (unpaired) electrons. The van der Waals surface area contributed by atoms with Gasteiger partial charge in [0.25, 0.3) is 0 Å². The number of hydrogen-bond acceptors (Lipinski definition) is 4. The summed E-state index contributed by atoms with van der Waals surface area (Å²) in [5, 5.41) is 5.29. The van der Waals surface area contributed by atoms with Crippen LogP contribution in [0.2, 0.25) is 5.02 Å². The molecular weight excluding hydrogens is 368 g/mol. The number of fused-ring (bicyclic) bond motifs is 1. The van der Waals surface area contributed by atoms with E-state index in [1.807, 2.05) is 36.4 Å². The highest BCUT2D eigenvalue weighted by Crippen LogP contribution is 2.23. The molecule has 0 unspecified atom stereocenters. The van der Waals surface area contributed by atoms with Crippen molar-refractivity contribution in [1.29, 1.82) is 0 Å². The van der Waals surface area contributed by atoms with Crippen LogP contribution in [0.15, 0.2) is 42.5 Å². The molecule has 0 saturated carbocycles. The summed E-state index contributed by atoms with van der Waals surface area (Å²) < 4.78 is 0. The third kappa shape index (κ3) is 5.78. The summed E-state index contributed by atoms with van der Waals surface area (Å²) in [6.45, 7) is 3.75. The molecule has 4 nitrogen and oxygen atoms in total. The van der Waals surface area contributed by atoms with E-state index in [0.29, 0.717) is 5.82 Å². The molecule has 0 bridgehead atoms. The molecule has 28 heavy (non-hydrogen) atoms. The SMILES string of the molecule is Cc1ccc2nc(/C=C/c3ccc(Cl)cc3)nc(NCCCCCCN)c2c1. The van der Waals surface area contributed by atoms with Crippen molar-refractivity contribution in [3.8, 4) is 0 Å². The van der Waals surface area contributed by atoms with E-state index in [0.717, 1.165) is 53.2 Å². The Kier molecular flexibility index (Phi) is 7.40. The molecule has 0 atom stereocenters. The first kappa shape index (κ1) is 20.3. The number of nitrogens with two attached hydrogens (primary N) is 1. The van der Waals surface area contributed by atoms with Gasteiger partial charge in [0.15, 0.2) is 5.82 Å². The second-order valence-electron chi connectivity index (χ2n) is 6.97. The van der Waals surface area contributed by atoms with Crippen molar-refractivity contribution in [1.82, 2.24) is 9.97 Å². The second kappa shape index (κ2) is 10.2. The Hall–Kier alpha value is -2.43. The Bertz CT molecular complexity index is 935. The van der Waals surface area contributed by atoms with Gasteiger partial charge in [-0.25, -0.2) is 9.97 Å². The normalized spacial score (nSPS) is 11.4. The van der Waals surface area contributed by atoms with Gasteiger partial charge in [0.2, 0.25) is 0 Å². The number of nitrogens with one attached hydrogen (secondary N) is 1. The minimum atomic E-state index is 0.692. The Balaban J connectivity index is 1.79. The van der Waals surface area contributed by atoms with Crippen molar-refractivity contribution < 1.29 is 0 Å². The summed E-state index contributed by atoms with van der Waals surface area (Å²) >= 11 is 5.95. The van der Waals surface area contributed by atoms with Gasteiger partial charge in [-0.3, -0.25) is 0 Å². The molecular formula is C23H27ClN4. The fourth-order valence-electron chi connectivity index (χ4n) is 3.04. The van der Waals surface area contributed by atoms with E-state index in [-0.39, 0.29) is 0 Å². The van der Waals surface area contributed by atoms with Gasteiger partial charge in [-0.15, -0.1) is 0 Å². The summed E-state index contributed by atoms with van der Waals surface area (Å²) in [6, 6.07) is 14.0. The second-order valence-corrected chi connectivity index (χ2v) is 7.40. The molecule has 3 aromatic rings. The molecule has 0 saturated heterocycles. The lowest BCUT2D eigenvalue weighted by Crippen LogP contribution is -2.06. The molecule has 2 aromatic carbocycles. The van der Waals surface area contributed by atoms with Gasteiger partial charge >= 0.3 is 0 Å².